The van der Waals surface area contributed by atoms with Crippen LogP contribution in [0.5, 0.6) is 5.75 Å². The summed E-state index contributed by atoms with van der Waals surface area (Å²) in [6.07, 6.45) is 7.46. The van der Waals surface area contributed by atoms with Gasteiger partial charge in [-0.05, 0) is 77.6 Å². The van der Waals surface area contributed by atoms with Gasteiger partial charge in [0, 0.05) is 5.02 Å². The van der Waals surface area contributed by atoms with Gasteiger partial charge in [-0.3, -0.25) is 4.79 Å². The predicted octanol–water partition coefficient (Wildman–Crippen LogP) is 4.28. The summed E-state index contributed by atoms with van der Waals surface area (Å²) in [5.74, 6) is 0.826. The molecule has 1 aliphatic rings. The topological polar surface area (TPSA) is 94.3 Å². The Kier molecular flexibility index (Phi) is 7.11. The van der Waals surface area contributed by atoms with Crippen molar-refractivity contribution in [3.05, 3.63) is 64.9 Å². The molecule has 9 heteroatoms. The lowest BCUT2D eigenvalue weighted by atomic mass is 9.84. The second-order valence-electron chi connectivity index (χ2n) is 7.84. The Morgan fingerprint density at radius 2 is 1.97 bits per heavy atom. The van der Waals surface area contributed by atoms with E-state index in [2.05, 4.69) is 26.1 Å². The summed E-state index contributed by atoms with van der Waals surface area (Å²) in [4.78, 5) is 12.3. The van der Waals surface area contributed by atoms with E-state index in [1.54, 1.807) is 10.7 Å². The van der Waals surface area contributed by atoms with Crippen LogP contribution in [0.25, 0.3) is 5.69 Å². The van der Waals surface area contributed by atoms with Crippen molar-refractivity contribution < 1.29 is 9.53 Å². The predicted molar refractivity (Wildman–Crippen MR) is 122 cm³/mol. The van der Waals surface area contributed by atoms with Crippen molar-refractivity contribution in [2.75, 3.05) is 6.61 Å². The third kappa shape index (κ3) is 5.50. The highest BCUT2D eigenvalue weighted by Gasteiger charge is 2.20. The van der Waals surface area contributed by atoms with Gasteiger partial charge in [-0.1, -0.05) is 43.0 Å². The number of tetrazole rings is 1. The molecule has 0 spiro atoms. The lowest BCUT2D eigenvalue weighted by Gasteiger charge is -2.24. The van der Waals surface area contributed by atoms with Crippen molar-refractivity contribution in [2.45, 2.75) is 44.9 Å². The van der Waals surface area contributed by atoms with Gasteiger partial charge in [0.1, 0.15) is 12.1 Å². The zero-order chi connectivity index (χ0) is 22.3. The molecule has 0 radical (unpaired) electrons. The zero-order valence-electron chi connectivity index (χ0n) is 17.9. The highest BCUT2D eigenvalue weighted by Crippen LogP contribution is 2.38. The summed E-state index contributed by atoms with van der Waals surface area (Å²) in [6, 6.07) is 13.1. The van der Waals surface area contributed by atoms with Crippen LogP contribution in [0.3, 0.4) is 0 Å². The van der Waals surface area contributed by atoms with Crippen molar-refractivity contribution in [3.63, 3.8) is 0 Å². The van der Waals surface area contributed by atoms with Crippen LogP contribution in [-0.4, -0.2) is 38.4 Å². The van der Waals surface area contributed by atoms with Crippen molar-refractivity contribution in [3.8, 4) is 11.4 Å². The normalized spacial score (nSPS) is 14.9. The van der Waals surface area contributed by atoms with Crippen LogP contribution in [0.15, 0.2) is 53.9 Å². The van der Waals surface area contributed by atoms with Gasteiger partial charge >= 0.3 is 0 Å². The number of ether oxygens (including phenoxy) is 1. The summed E-state index contributed by atoms with van der Waals surface area (Å²) in [6.45, 7) is 1.71. The van der Waals surface area contributed by atoms with Crippen LogP contribution in [0.4, 0.5) is 0 Å². The third-order valence-electron chi connectivity index (χ3n) is 5.62. The molecule has 8 nitrogen and oxygen atoms in total. The third-order valence-corrected chi connectivity index (χ3v) is 5.86. The van der Waals surface area contributed by atoms with E-state index in [4.69, 9.17) is 16.3 Å². The quantitative estimate of drug-likeness (QED) is 0.426. The minimum atomic E-state index is -0.320. The highest BCUT2D eigenvalue weighted by molar-refractivity contribution is 6.30. The van der Waals surface area contributed by atoms with Gasteiger partial charge in [0.2, 0.25) is 0 Å². The number of halogens is 1. The second-order valence-corrected chi connectivity index (χ2v) is 8.28. The number of carbonyl (C=O) groups is 1. The van der Waals surface area contributed by atoms with Gasteiger partial charge in [0.05, 0.1) is 11.4 Å². The molecule has 1 fully saturated rings. The maximum atomic E-state index is 12.3. The number of hydrogen-bond donors (Lipinski definition) is 1. The van der Waals surface area contributed by atoms with Crippen LogP contribution < -0.4 is 10.2 Å². The number of rotatable bonds is 7. The van der Waals surface area contributed by atoms with Crippen LogP contribution in [0.2, 0.25) is 5.02 Å². The molecule has 32 heavy (non-hydrogen) atoms. The van der Waals surface area contributed by atoms with Gasteiger partial charge in [0.25, 0.3) is 5.91 Å². The molecule has 0 atom stereocenters. The van der Waals surface area contributed by atoms with Gasteiger partial charge < -0.3 is 4.74 Å². The van der Waals surface area contributed by atoms with E-state index >= 15 is 0 Å². The smallest absolute Gasteiger partial charge is 0.277 e. The van der Waals surface area contributed by atoms with E-state index in [9.17, 15) is 4.79 Å². The van der Waals surface area contributed by atoms with Crippen molar-refractivity contribution >= 4 is 23.2 Å². The van der Waals surface area contributed by atoms with Crippen LogP contribution in [0, 0.1) is 0 Å². The Labute approximate surface area is 191 Å². The first-order valence-electron chi connectivity index (χ1n) is 10.7. The van der Waals surface area contributed by atoms with E-state index in [1.807, 2.05) is 43.3 Å². The lowest BCUT2D eigenvalue weighted by Crippen LogP contribution is -2.26. The van der Waals surface area contributed by atoms with E-state index in [0.717, 1.165) is 35.4 Å². The summed E-state index contributed by atoms with van der Waals surface area (Å²) in [5.41, 5.74) is 6.04. The fraction of sp³-hybridized carbons (Fsp3) is 0.348. The number of carbonyl (C=O) groups excluding carboxylic acids is 1. The average Bonchev–Trinajstić information content (AvgIpc) is 3.37. The minimum absolute atomic E-state index is 0.115. The molecule has 166 valence electrons. The Morgan fingerprint density at radius 1 is 1.19 bits per heavy atom. The first kappa shape index (κ1) is 22.0. The molecule has 1 N–H and O–H groups in total. The van der Waals surface area contributed by atoms with E-state index in [-0.39, 0.29) is 12.5 Å². The van der Waals surface area contributed by atoms with Crippen LogP contribution in [-0.2, 0) is 4.79 Å². The summed E-state index contributed by atoms with van der Waals surface area (Å²) >= 11 is 6.22. The lowest BCUT2D eigenvalue weighted by molar-refractivity contribution is -0.123. The summed E-state index contributed by atoms with van der Waals surface area (Å²) in [7, 11) is 0. The minimum Gasteiger partial charge on any atom is -0.483 e. The Hall–Kier alpha value is -3.26. The molecule has 3 aromatic rings. The van der Waals surface area contributed by atoms with Crippen molar-refractivity contribution in [1.82, 2.24) is 25.6 Å². The van der Waals surface area contributed by atoms with Gasteiger partial charge in [-0.2, -0.15) is 5.10 Å². The number of aromatic nitrogens is 4. The zero-order valence-corrected chi connectivity index (χ0v) is 18.6. The van der Waals surface area contributed by atoms with E-state index < -0.39 is 0 Å². The molecular weight excluding hydrogens is 428 g/mol. The fourth-order valence-electron chi connectivity index (χ4n) is 3.90. The van der Waals surface area contributed by atoms with Crippen molar-refractivity contribution in [1.29, 1.82) is 0 Å². The molecule has 1 aliphatic carbocycles. The number of nitrogens with one attached hydrogen (secondary N) is 1. The average molecular weight is 453 g/mol. The molecule has 4 rings (SSSR count). The van der Waals surface area contributed by atoms with Crippen LogP contribution >= 0.6 is 11.6 Å². The number of hydrazone groups is 1. The largest absolute Gasteiger partial charge is 0.483 e. The molecule has 1 saturated carbocycles. The SMILES string of the molecule is C/C(=N\NC(=O)COc1ccc(Cl)cc1C1CCCCC1)c1ccc(-n2cnnn2)cc1. The molecule has 0 unspecified atom stereocenters. The fourth-order valence-corrected chi connectivity index (χ4v) is 4.09. The van der Waals surface area contributed by atoms with Gasteiger partial charge in [-0.15, -0.1) is 5.10 Å². The standard InChI is InChI=1S/C23H25ClN6O2/c1-16(17-7-10-20(11-8-17)30-15-25-28-29-30)26-27-23(31)14-32-22-12-9-19(24)13-21(22)18-5-3-2-4-6-18/h7-13,15,18H,2-6,14H2,1H3,(H,27,31)/b26-16+. The number of benzene rings is 2. The van der Waals surface area contributed by atoms with Crippen molar-refractivity contribution in [2.24, 2.45) is 5.10 Å². The van der Waals surface area contributed by atoms with E-state index in [1.165, 1.54) is 25.6 Å². The molecule has 1 aromatic heterocycles. The molecule has 0 bridgehead atoms. The molecule has 0 aliphatic heterocycles. The number of amides is 1. The Morgan fingerprint density at radius 3 is 2.69 bits per heavy atom. The van der Waals surface area contributed by atoms with Gasteiger partial charge in [0.15, 0.2) is 6.61 Å². The van der Waals surface area contributed by atoms with E-state index in [0.29, 0.717) is 16.7 Å². The Balaban J connectivity index is 1.34. The Bertz CT molecular complexity index is 1080. The molecule has 0 saturated heterocycles. The maximum absolute atomic E-state index is 12.3. The molecular formula is C23H25ClN6O2. The molecule has 2 aromatic carbocycles. The highest BCUT2D eigenvalue weighted by atomic mass is 35.5. The second kappa shape index (κ2) is 10.4. The first-order chi connectivity index (χ1) is 15.6. The number of hydrogen-bond acceptors (Lipinski definition) is 6. The number of nitrogens with zero attached hydrogens (tertiary/aromatic N) is 5. The monoisotopic (exact) mass is 452 g/mol. The van der Waals surface area contributed by atoms with Crippen LogP contribution in [0.1, 0.15) is 56.1 Å². The molecule has 1 amide bonds. The van der Waals surface area contributed by atoms with Gasteiger partial charge in [-0.25, -0.2) is 10.1 Å². The maximum Gasteiger partial charge on any atom is 0.277 e. The summed E-state index contributed by atoms with van der Waals surface area (Å²) in [5, 5.41) is 16.0. The summed E-state index contributed by atoms with van der Waals surface area (Å²) < 4.78 is 7.40. The first-order valence-corrected chi connectivity index (χ1v) is 11.1. The molecule has 1 heterocycles.